The molecule has 11 aromatic carbocycles. The summed E-state index contributed by atoms with van der Waals surface area (Å²) in [5.41, 5.74) is 20.3. The molecule has 0 bridgehead atoms. The first-order valence-corrected chi connectivity index (χ1v) is 24.5. The number of nitrogens with zero attached hydrogens (tertiary/aromatic N) is 2. The highest BCUT2D eigenvalue weighted by molar-refractivity contribution is 6.28. The number of anilines is 3. The number of para-hydroxylation sites is 2. The molecule has 0 radical (unpaired) electrons. The van der Waals surface area contributed by atoms with Gasteiger partial charge in [-0.15, -0.1) is 0 Å². The number of fused-ring (bicyclic) bond motifs is 9. The van der Waals surface area contributed by atoms with Crippen molar-refractivity contribution in [2.24, 2.45) is 0 Å². The summed E-state index contributed by atoms with van der Waals surface area (Å²) < 4.78 is 2.57. The summed E-state index contributed by atoms with van der Waals surface area (Å²) in [5, 5.41) is 10.6. The lowest BCUT2D eigenvalue weighted by Gasteiger charge is -2.42. The Morgan fingerprint density at radius 3 is 1.75 bits per heavy atom. The van der Waals surface area contributed by atoms with Gasteiger partial charge in [-0.05, 0) is 162 Å². The molecular weight excluding hydrogens is 821 g/mol. The zero-order valence-corrected chi connectivity index (χ0v) is 38.9. The fraction of sp³-hybridized carbons (Fsp3) is 0.121. The van der Waals surface area contributed by atoms with Crippen LogP contribution in [0.2, 0.25) is 0 Å². The molecular formula is C66H50N2. The molecule has 0 spiro atoms. The van der Waals surface area contributed by atoms with Gasteiger partial charge in [-0.3, -0.25) is 0 Å². The average Bonchev–Trinajstić information content (AvgIpc) is 3.88. The number of benzene rings is 11. The predicted octanol–water partition coefficient (Wildman–Crippen LogP) is 18.2. The molecule has 1 aliphatic heterocycles. The van der Waals surface area contributed by atoms with Gasteiger partial charge in [0.15, 0.2) is 0 Å². The van der Waals surface area contributed by atoms with Gasteiger partial charge in [0.05, 0.1) is 28.1 Å². The van der Waals surface area contributed by atoms with E-state index in [1.165, 1.54) is 127 Å². The molecule has 0 amide bonds. The standard InChI is InChI=1S/C66H50N2/c1-5-66(6-2)54-26-15-13-23-48(54)52-37-46-29-28-42-20-17-25-50-61(40-53(64(52)66)63(46)62(42)50)68-57-27-16-14-24-49(57)51-36-43(30-33-58(51)68)45-32-35-60-56(39-45)65(3,4)55-38-44(41-18-9-7-10-19-41)31-34-59(55)67(60)47-21-11-8-12-22-47/h7-40H,5-6H2,1-4H3. The number of aromatic nitrogens is 1. The van der Waals surface area contributed by atoms with Gasteiger partial charge in [0.2, 0.25) is 0 Å². The van der Waals surface area contributed by atoms with Crippen molar-refractivity contribution in [2.45, 2.75) is 51.4 Å². The Kier molecular flexibility index (Phi) is 8.24. The quantitative estimate of drug-likeness (QED) is 0.151. The van der Waals surface area contributed by atoms with E-state index in [-0.39, 0.29) is 10.8 Å². The molecule has 1 aromatic heterocycles. The normalized spacial score (nSPS) is 14.5. The van der Waals surface area contributed by atoms with Gasteiger partial charge in [0.25, 0.3) is 0 Å². The van der Waals surface area contributed by atoms with E-state index >= 15 is 0 Å². The van der Waals surface area contributed by atoms with Crippen LogP contribution < -0.4 is 4.90 Å². The molecule has 2 heterocycles. The molecule has 2 heteroatoms. The maximum Gasteiger partial charge on any atom is 0.0547 e. The van der Waals surface area contributed by atoms with Crippen molar-refractivity contribution < 1.29 is 0 Å². The average molecular weight is 871 g/mol. The van der Waals surface area contributed by atoms with E-state index in [1.54, 1.807) is 0 Å². The highest BCUT2D eigenvalue weighted by atomic mass is 15.2. The number of hydrogen-bond donors (Lipinski definition) is 0. The van der Waals surface area contributed by atoms with Gasteiger partial charge in [0.1, 0.15) is 0 Å². The molecule has 12 aromatic rings. The monoisotopic (exact) mass is 870 g/mol. The van der Waals surface area contributed by atoms with E-state index < -0.39 is 0 Å². The van der Waals surface area contributed by atoms with Crippen LogP contribution in [0.1, 0.15) is 62.8 Å². The van der Waals surface area contributed by atoms with Gasteiger partial charge in [-0.25, -0.2) is 0 Å². The molecule has 2 aliphatic rings. The van der Waals surface area contributed by atoms with Crippen molar-refractivity contribution in [1.29, 1.82) is 0 Å². The molecule has 0 saturated heterocycles. The second-order valence-corrected chi connectivity index (χ2v) is 19.9. The summed E-state index contributed by atoms with van der Waals surface area (Å²) in [5.74, 6) is 0. The fourth-order valence-corrected chi connectivity index (χ4v) is 13.0. The molecule has 0 N–H and O–H groups in total. The van der Waals surface area contributed by atoms with E-state index in [9.17, 15) is 0 Å². The van der Waals surface area contributed by atoms with Crippen molar-refractivity contribution in [3.8, 4) is 39.1 Å². The first kappa shape index (κ1) is 39.2. The zero-order valence-electron chi connectivity index (χ0n) is 38.9. The van der Waals surface area contributed by atoms with Gasteiger partial charge in [-0.2, -0.15) is 0 Å². The second kappa shape index (κ2) is 14.3. The Balaban J connectivity index is 0.983. The molecule has 2 nitrogen and oxygen atoms in total. The minimum Gasteiger partial charge on any atom is -0.310 e. The van der Waals surface area contributed by atoms with Crippen LogP contribution in [0, 0.1) is 0 Å². The van der Waals surface area contributed by atoms with Gasteiger partial charge >= 0.3 is 0 Å². The highest BCUT2D eigenvalue weighted by Gasteiger charge is 2.43. The zero-order chi connectivity index (χ0) is 45.5. The lowest BCUT2D eigenvalue weighted by Crippen LogP contribution is -2.30. The van der Waals surface area contributed by atoms with Crippen molar-refractivity contribution in [2.75, 3.05) is 4.90 Å². The lowest BCUT2D eigenvalue weighted by atomic mass is 9.72. The summed E-state index contributed by atoms with van der Waals surface area (Å²) in [4.78, 5) is 2.46. The Hall–Kier alpha value is -7.94. The van der Waals surface area contributed by atoms with Gasteiger partial charge in [-0.1, -0.05) is 167 Å². The Morgan fingerprint density at radius 1 is 0.382 bits per heavy atom. The van der Waals surface area contributed by atoms with Crippen molar-refractivity contribution in [3.05, 3.63) is 229 Å². The largest absolute Gasteiger partial charge is 0.310 e. The molecule has 0 unspecified atom stereocenters. The van der Waals surface area contributed by atoms with Crippen molar-refractivity contribution >= 4 is 71.2 Å². The minimum absolute atomic E-state index is 0.0605. The topological polar surface area (TPSA) is 8.17 Å². The summed E-state index contributed by atoms with van der Waals surface area (Å²) >= 11 is 0. The van der Waals surface area contributed by atoms with E-state index in [0.29, 0.717) is 0 Å². The molecule has 0 fully saturated rings. The van der Waals surface area contributed by atoms with Crippen LogP contribution in [0.4, 0.5) is 17.1 Å². The van der Waals surface area contributed by atoms with E-state index in [1.807, 2.05) is 0 Å². The molecule has 0 atom stereocenters. The summed E-state index contributed by atoms with van der Waals surface area (Å²) in [7, 11) is 0. The third-order valence-electron chi connectivity index (χ3n) is 16.4. The maximum atomic E-state index is 2.57. The molecule has 1 aliphatic carbocycles. The first-order chi connectivity index (χ1) is 33.4. The molecule has 324 valence electrons. The molecule has 68 heavy (non-hydrogen) atoms. The maximum absolute atomic E-state index is 2.57. The van der Waals surface area contributed by atoms with Gasteiger partial charge in [0, 0.05) is 32.7 Å². The summed E-state index contributed by atoms with van der Waals surface area (Å²) in [6.07, 6.45) is 2.10. The SMILES string of the molecule is CCC1(CC)c2ccccc2-c2cc3ccc4cccc5c(-n6c7ccccc7c7cc(-c8ccc9c(c8)C(C)(C)c8cc(-c%10ccccc%10)ccc8N9c8ccccc8)ccc76)cc(c21)c3c45. The van der Waals surface area contributed by atoms with E-state index in [4.69, 9.17) is 0 Å². The minimum atomic E-state index is -0.265. The van der Waals surface area contributed by atoms with Crippen LogP contribution in [0.3, 0.4) is 0 Å². The van der Waals surface area contributed by atoms with E-state index in [2.05, 4.69) is 243 Å². The lowest BCUT2D eigenvalue weighted by molar-refractivity contribution is 0.494. The van der Waals surface area contributed by atoms with Crippen LogP contribution in [0.15, 0.2) is 206 Å². The molecule has 14 rings (SSSR count). The van der Waals surface area contributed by atoms with Gasteiger partial charge < -0.3 is 9.47 Å². The van der Waals surface area contributed by atoms with Crippen LogP contribution in [0.25, 0.3) is 93.2 Å². The fourth-order valence-electron chi connectivity index (χ4n) is 13.0. The number of hydrogen-bond acceptors (Lipinski definition) is 1. The van der Waals surface area contributed by atoms with Crippen molar-refractivity contribution in [3.63, 3.8) is 0 Å². The second-order valence-electron chi connectivity index (χ2n) is 19.9. The third kappa shape index (κ3) is 5.23. The Labute approximate surface area is 397 Å². The van der Waals surface area contributed by atoms with Crippen molar-refractivity contribution in [1.82, 2.24) is 4.57 Å². The van der Waals surface area contributed by atoms with Crippen LogP contribution in [-0.4, -0.2) is 4.57 Å². The predicted molar refractivity (Wildman–Crippen MR) is 289 cm³/mol. The van der Waals surface area contributed by atoms with E-state index in [0.717, 1.165) is 18.5 Å². The van der Waals surface area contributed by atoms with Crippen LogP contribution >= 0.6 is 0 Å². The summed E-state index contributed by atoms with van der Waals surface area (Å²) in [6.45, 7) is 9.59. The van der Waals surface area contributed by atoms with Crippen LogP contribution in [-0.2, 0) is 10.8 Å². The Morgan fingerprint density at radius 2 is 0.985 bits per heavy atom. The number of rotatable bonds is 6. The Bertz CT molecular complexity index is 4020. The third-order valence-corrected chi connectivity index (χ3v) is 16.4. The first-order valence-electron chi connectivity index (χ1n) is 24.5. The molecule has 0 saturated carbocycles. The smallest absolute Gasteiger partial charge is 0.0547 e. The summed E-state index contributed by atoms with van der Waals surface area (Å²) in [6, 6.07) is 77.9. The highest BCUT2D eigenvalue weighted by Crippen LogP contribution is 2.58. The van der Waals surface area contributed by atoms with Crippen LogP contribution in [0.5, 0.6) is 0 Å².